The highest BCUT2D eigenvalue weighted by Gasteiger charge is 2.40. The molecule has 0 spiro atoms. The van der Waals surface area contributed by atoms with E-state index in [9.17, 15) is 0 Å². The predicted molar refractivity (Wildman–Crippen MR) is 89.9 cm³/mol. The van der Waals surface area contributed by atoms with Gasteiger partial charge in [0.2, 0.25) is 0 Å². The van der Waals surface area contributed by atoms with E-state index in [0.29, 0.717) is 6.04 Å². The number of nitrogens with zero attached hydrogens (tertiary/aromatic N) is 3. The largest absolute Gasteiger partial charge is 0.360 e. The summed E-state index contributed by atoms with van der Waals surface area (Å²) < 4.78 is 0. The van der Waals surface area contributed by atoms with E-state index in [4.69, 9.17) is 5.73 Å². The van der Waals surface area contributed by atoms with Crippen molar-refractivity contribution in [3.8, 4) is 0 Å². The molecule has 1 aromatic heterocycles. The molecule has 2 heterocycles. The molecule has 0 aromatic carbocycles. The lowest BCUT2D eigenvalue weighted by Crippen LogP contribution is -2.30. The van der Waals surface area contributed by atoms with Crippen molar-refractivity contribution in [3.63, 3.8) is 0 Å². The summed E-state index contributed by atoms with van der Waals surface area (Å²) in [6.45, 7) is 6.53. The number of pyridine rings is 1. The monoisotopic (exact) mass is 310 g/mol. The number of rotatable bonds is 4. The SMILES string of the molecule is CCN(C)c1ccc(CN2CC3CCC(N)C3C2)cn1.Cl. The number of fused-ring (bicyclic) bond motifs is 1. The Kier molecular flexibility index (Phi) is 5.47. The molecule has 3 unspecified atom stereocenters. The van der Waals surface area contributed by atoms with Gasteiger partial charge in [-0.15, -0.1) is 12.4 Å². The van der Waals surface area contributed by atoms with Gasteiger partial charge in [-0.2, -0.15) is 0 Å². The van der Waals surface area contributed by atoms with Crippen molar-refractivity contribution in [1.82, 2.24) is 9.88 Å². The zero-order valence-electron chi connectivity index (χ0n) is 13.0. The fourth-order valence-electron chi connectivity index (χ4n) is 3.69. The molecule has 2 fully saturated rings. The van der Waals surface area contributed by atoms with Crippen LogP contribution in [-0.4, -0.2) is 42.6 Å². The molecule has 2 aliphatic rings. The molecule has 1 aliphatic heterocycles. The first-order valence-corrected chi connectivity index (χ1v) is 7.81. The molecule has 1 saturated heterocycles. The average molecular weight is 311 g/mol. The summed E-state index contributed by atoms with van der Waals surface area (Å²) >= 11 is 0. The van der Waals surface area contributed by atoms with E-state index >= 15 is 0 Å². The van der Waals surface area contributed by atoms with Crippen molar-refractivity contribution >= 4 is 18.2 Å². The summed E-state index contributed by atoms with van der Waals surface area (Å²) in [5, 5.41) is 0. The number of aromatic nitrogens is 1. The lowest BCUT2D eigenvalue weighted by atomic mass is 9.98. The van der Waals surface area contributed by atoms with Gasteiger partial charge in [-0.1, -0.05) is 6.07 Å². The van der Waals surface area contributed by atoms with Crippen LogP contribution in [0.4, 0.5) is 5.82 Å². The molecule has 3 atom stereocenters. The molecule has 2 N–H and O–H groups in total. The number of likely N-dealkylation sites (tertiary alicyclic amines) is 1. The highest BCUT2D eigenvalue weighted by Crippen LogP contribution is 2.37. The Morgan fingerprint density at radius 2 is 2.14 bits per heavy atom. The molecule has 5 heteroatoms. The van der Waals surface area contributed by atoms with E-state index in [1.807, 2.05) is 6.20 Å². The van der Waals surface area contributed by atoms with E-state index in [2.05, 4.69) is 40.9 Å². The van der Waals surface area contributed by atoms with Gasteiger partial charge >= 0.3 is 0 Å². The highest BCUT2D eigenvalue weighted by molar-refractivity contribution is 5.85. The van der Waals surface area contributed by atoms with Crippen LogP contribution in [0.3, 0.4) is 0 Å². The Bertz CT molecular complexity index is 450. The van der Waals surface area contributed by atoms with Crippen LogP contribution in [0.2, 0.25) is 0 Å². The predicted octanol–water partition coefficient (Wildman–Crippen LogP) is 2.13. The summed E-state index contributed by atoms with van der Waals surface area (Å²) in [4.78, 5) is 9.26. The first kappa shape index (κ1) is 16.5. The van der Waals surface area contributed by atoms with Gasteiger partial charge in [-0.25, -0.2) is 4.98 Å². The van der Waals surface area contributed by atoms with Crippen molar-refractivity contribution in [2.45, 2.75) is 32.4 Å². The third-order valence-corrected chi connectivity index (χ3v) is 5.07. The summed E-state index contributed by atoms with van der Waals surface area (Å²) in [5.41, 5.74) is 7.51. The third kappa shape index (κ3) is 3.50. The minimum Gasteiger partial charge on any atom is -0.360 e. The molecule has 0 amide bonds. The molecule has 21 heavy (non-hydrogen) atoms. The van der Waals surface area contributed by atoms with E-state index in [1.165, 1.54) is 31.5 Å². The maximum atomic E-state index is 6.20. The molecular weight excluding hydrogens is 284 g/mol. The van der Waals surface area contributed by atoms with E-state index in [-0.39, 0.29) is 12.4 Å². The van der Waals surface area contributed by atoms with Crippen LogP contribution in [0.5, 0.6) is 0 Å². The van der Waals surface area contributed by atoms with E-state index in [0.717, 1.165) is 30.7 Å². The van der Waals surface area contributed by atoms with Crippen molar-refractivity contribution in [3.05, 3.63) is 23.9 Å². The van der Waals surface area contributed by atoms with Gasteiger partial charge in [0.25, 0.3) is 0 Å². The zero-order chi connectivity index (χ0) is 14.1. The summed E-state index contributed by atoms with van der Waals surface area (Å²) in [6, 6.07) is 4.77. The Labute approximate surface area is 134 Å². The minimum absolute atomic E-state index is 0. The smallest absolute Gasteiger partial charge is 0.128 e. The minimum atomic E-state index is 0. The Morgan fingerprint density at radius 1 is 1.33 bits per heavy atom. The number of halogens is 1. The summed E-state index contributed by atoms with van der Waals surface area (Å²) in [6.07, 6.45) is 4.57. The zero-order valence-corrected chi connectivity index (χ0v) is 13.9. The number of anilines is 1. The summed E-state index contributed by atoms with van der Waals surface area (Å²) in [7, 11) is 2.07. The fraction of sp³-hybridized carbons (Fsp3) is 0.688. The van der Waals surface area contributed by atoms with Gasteiger partial charge in [-0.3, -0.25) is 4.90 Å². The quantitative estimate of drug-likeness (QED) is 0.925. The fourth-order valence-corrected chi connectivity index (χ4v) is 3.69. The number of nitrogens with two attached hydrogens (primary N) is 1. The van der Waals surface area contributed by atoms with Crippen LogP contribution in [0.1, 0.15) is 25.3 Å². The molecule has 1 aromatic rings. The normalized spacial score (nSPS) is 28.2. The molecule has 118 valence electrons. The second-order valence-corrected chi connectivity index (χ2v) is 6.40. The van der Waals surface area contributed by atoms with E-state index in [1.54, 1.807) is 0 Å². The average Bonchev–Trinajstić information content (AvgIpc) is 3.01. The standard InChI is InChI=1S/C16H26N4.ClH/c1-3-19(2)16-7-4-12(8-18-16)9-20-10-13-5-6-15(17)14(13)11-20;/h4,7-8,13-15H,3,5-6,9-11,17H2,1-2H3;1H. The van der Waals surface area contributed by atoms with Gasteiger partial charge in [0.15, 0.2) is 0 Å². The van der Waals surface area contributed by atoms with Gasteiger partial charge in [0.1, 0.15) is 5.82 Å². The topological polar surface area (TPSA) is 45.4 Å². The lowest BCUT2D eigenvalue weighted by molar-refractivity contribution is 0.298. The van der Waals surface area contributed by atoms with Gasteiger partial charge < -0.3 is 10.6 Å². The Morgan fingerprint density at radius 3 is 2.76 bits per heavy atom. The molecule has 3 rings (SSSR count). The van der Waals surface area contributed by atoms with Crippen LogP contribution >= 0.6 is 12.4 Å². The molecule has 0 bridgehead atoms. The first-order chi connectivity index (χ1) is 9.67. The third-order valence-electron chi connectivity index (χ3n) is 5.07. The van der Waals surface area contributed by atoms with Gasteiger partial charge in [0.05, 0.1) is 0 Å². The Hall–Kier alpha value is -0.840. The van der Waals surface area contributed by atoms with Crippen molar-refractivity contribution in [2.75, 3.05) is 31.6 Å². The first-order valence-electron chi connectivity index (χ1n) is 7.81. The van der Waals surface area contributed by atoms with Crippen molar-refractivity contribution in [1.29, 1.82) is 0 Å². The van der Waals surface area contributed by atoms with Crippen LogP contribution in [0.15, 0.2) is 18.3 Å². The second kappa shape index (κ2) is 6.95. The number of hydrogen-bond acceptors (Lipinski definition) is 4. The van der Waals surface area contributed by atoms with Gasteiger partial charge in [-0.05, 0) is 43.2 Å². The molecule has 1 aliphatic carbocycles. The number of hydrogen-bond donors (Lipinski definition) is 1. The van der Waals surface area contributed by atoms with Crippen LogP contribution in [-0.2, 0) is 6.54 Å². The molecule has 4 nitrogen and oxygen atoms in total. The van der Waals surface area contributed by atoms with Crippen LogP contribution in [0.25, 0.3) is 0 Å². The molecular formula is C16H27ClN4. The lowest BCUT2D eigenvalue weighted by Gasteiger charge is -2.19. The maximum Gasteiger partial charge on any atom is 0.128 e. The van der Waals surface area contributed by atoms with Crippen LogP contribution in [0, 0.1) is 11.8 Å². The maximum absolute atomic E-state index is 6.20. The van der Waals surface area contributed by atoms with Crippen molar-refractivity contribution in [2.24, 2.45) is 17.6 Å². The van der Waals surface area contributed by atoms with Crippen LogP contribution < -0.4 is 10.6 Å². The van der Waals surface area contributed by atoms with E-state index < -0.39 is 0 Å². The second-order valence-electron chi connectivity index (χ2n) is 6.40. The molecule has 1 saturated carbocycles. The van der Waals surface area contributed by atoms with Crippen molar-refractivity contribution < 1.29 is 0 Å². The highest BCUT2D eigenvalue weighted by atomic mass is 35.5. The summed E-state index contributed by atoms with van der Waals surface area (Å²) in [5.74, 6) is 2.62. The van der Waals surface area contributed by atoms with Gasteiger partial charge in [0, 0.05) is 45.5 Å². The Balaban J connectivity index is 0.00000161. The molecule has 0 radical (unpaired) electrons.